The highest BCUT2D eigenvalue weighted by molar-refractivity contribution is 7.99. The summed E-state index contributed by atoms with van der Waals surface area (Å²) in [6, 6.07) is 9.42. The second-order valence-electron chi connectivity index (χ2n) is 4.94. The van der Waals surface area contributed by atoms with Gasteiger partial charge in [0.1, 0.15) is 5.75 Å². The molecule has 2 N–H and O–H groups in total. The number of amides is 1. The van der Waals surface area contributed by atoms with Gasteiger partial charge in [0.25, 0.3) is 0 Å². The van der Waals surface area contributed by atoms with E-state index in [2.05, 4.69) is 10.3 Å². The Bertz CT molecular complexity index is 808. The van der Waals surface area contributed by atoms with Crippen molar-refractivity contribution in [3.63, 3.8) is 0 Å². The number of hydrogen-bond donors (Lipinski definition) is 2. The minimum Gasteiger partial charge on any atom is -0.506 e. The van der Waals surface area contributed by atoms with E-state index in [1.807, 2.05) is 18.2 Å². The molecule has 1 aromatic heterocycles. The zero-order chi connectivity index (χ0) is 17.6. The number of rotatable bonds is 7. The van der Waals surface area contributed by atoms with E-state index in [9.17, 15) is 18.3 Å². The molecular weight excluding hydrogens is 348 g/mol. The van der Waals surface area contributed by atoms with Crippen LogP contribution in [0, 0.1) is 0 Å². The van der Waals surface area contributed by atoms with Gasteiger partial charge >= 0.3 is 0 Å². The van der Waals surface area contributed by atoms with Gasteiger partial charge in [-0.3, -0.25) is 9.78 Å². The first-order valence-corrected chi connectivity index (χ1v) is 10.1. The van der Waals surface area contributed by atoms with Crippen LogP contribution in [0.4, 0.5) is 5.69 Å². The van der Waals surface area contributed by atoms with Gasteiger partial charge in [-0.1, -0.05) is 13.0 Å². The van der Waals surface area contributed by atoms with Crippen molar-refractivity contribution in [1.82, 2.24) is 4.98 Å². The molecule has 0 radical (unpaired) electrons. The number of nitrogens with one attached hydrogen (secondary N) is 1. The van der Waals surface area contributed by atoms with Crippen molar-refractivity contribution in [2.24, 2.45) is 0 Å². The van der Waals surface area contributed by atoms with E-state index in [1.165, 1.54) is 36.9 Å². The highest BCUT2D eigenvalue weighted by Crippen LogP contribution is 2.27. The molecule has 6 nitrogen and oxygen atoms in total. The molecule has 0 bridgehead atoms. The number of sulfone groups is 1. The smallest absolute Gasteiger partial charge is 0.234 e. The molecule has 24 heavy (non-hydrogen) atoms. The number of nitrogens with zero attached hydrogens (tertiary/aromatic N) is 1. The maximum Gasteiger partial charge on any atom is 0.234 e. The molecule has 128 valence electrons. The summed E-state index contributed by atoms with van der Waals surface area (Å²) in [4.78, 5) is 16.2. The summed E-state index contributed by atoms with van der Waals surface area (Å²) >= 11 is 1.38. The van der Waals surface area contributed by atoms with Crippen molar-refractivity contribution in [3.8, 4) is 5.75 Å². The number of aromatic nitrogens is 1. The average molecular weight is 366 g/mol. The molecule has 0 aliphatic rings. The monoisotopic (exact) mass is 366 g/mol. The highest BCUT2D eigenvalue weighted by Gasteiger charge is 2.15. The lowest BCUT2D eigenvalue weighted by Gasteiger charge is -2.09. The van der Waals surface area contributed by atoms with Crippen LogP contribution in [-0.4, -0.2) is 35.9 Å². The normalized spacial score (nSPS) is 11.2. The van der Waals surface area contributed by atoms with Crippen LogP contribution < -0.4 is 5.32 Å². The standard InChI is InChI=1S/C16H18N2O4S2/c1-2-24(21,22)13-6-7-15(19)14(9-13)18-16(20)11-23-10-12-5-3-4-8-17-12/h3-9,19H,2,10-11H2,1H3,(H,18,20). The summed E-state index contributed by atoms with van der Waals surface area (Å²) in [5.41, 5.74) is 0.960. The fraction of sp³-hybridized carbons (Fsp3) is 0.250. The van der Waals surface area contributed by atoms with Crippen molar-refractivity contribution in [2.75, 3.05) is 16.8 Å². The molecule has 1 aromatic carbocycles. The number of hydrogen-bond acceptors (Lipinski definition) is 6. The molecule has 0 fully saturated rings. The number of anilines is 1. The van der Waals surface area contributed by atoms with Gasteiger partial charge in [-0.25, -0.2) is 8.42 Å². The summed E-state index contributed by atoms with van der Waals surface area (Å²) in [7, 11) is -3.40. The van der Waals surface area contributed by atoms with E-state index in [0.29, 0.717) is 5.75 Å². The molecular formula is C16H18N2O4S2. The van der Waals surface area contributed by atoms with E-state index in [1.54, 1.807) is 6.20 Å². The average Bonchev–Trinajstić information content (AvgIpc) is 2.57. The SMILES string of the molecule is CCS(=O)(=O)c1ccc(O)c(NC(=O)CSCc2ccccn2)c1. The summed E-state index contributed by atoms with van der Waals surface area (Å²) in [6.45, 7) is 1.54. The van der Waals surface area contributed by atoms with Gasteiger partial charge in [-0.15, -0.1) is 11.8 Å². The quantitative estimate of drug-likeness (QED) is 0.731. The third-order valence-electron chi connectivity index (χ3n) is 3.19. The van der Waals surface area contributed by atoms with Crippen molar-refractivity contribution < 1.29 is 18.3 Å². The highest BCUT2D eigenvalue weighted by atomic mass is 32.2. The van der Waals surface area contributed by atoms with E-state index in [-0.39, 0.29) is 33.7 Å². The second-order valence-corrected chi connectivity index (χ2v) is 8.21. The second kappa shape index (κ2) is 8.16. The van der Waals surface area contributed by atoms with E-state index in [0.717, 1.165) is 5.69 Å². The predicted molar refractivity (Wildman–Crippen MR) is 94.9 cm³/mol. The molecule has 0 unspecified atom stereocenters. The van der Waals surface area contributed by atoms with Gasteiger partial charge in [0, 0.05) is 11.9 Å². The maximum absolute atomic E-state index is 12.0. The maximum atomic E-state index is 12.0. The Morgan fingerprint density at radius 2 is 2.08 bits per heavy atom. The van der Waals surface area contributed by atoms with Crippen LogP contribution in [-0.2, 0) is 20.4 Å². The number of phenols is 1. The van der Waals surface area contributed by atoms with E-state index >= 15 is 0 Å². The number of carbonyl (C=O) groups is 1. The van der Waals surface area contributed by atoms with Crippen molar-refractivity contribution in [3.05, 3.63) is 48.3 Å². The first-order valence-electron chi connectivity index (χ1n) is 7.25. The molecule has 0 saturated carbocycles. The molecule has 2 rings (SSSR count). The van der Waals surface area contributed by atoms with Crippen LogP contribution in [0.2, 0.25) is 0 Å². The van der Waals surface area contributed by atoms with Gasteiger partial charge in [0.2, 0.25) is 5.91 Å². The third kappa shape index (κ3) is 4.97. The molecule has 0 aliphatic heterocycles. The van der Waals surface area contributed by atoms with Gasteiger partial charge in [0.05, 0.1) is 27.8 Å². The lowest BCUT2D eigenvalue weighted by Crippen LogP contribution is -2.15. The largest absolute Gasteiger partial charge is 0.506 e. The van der Waals surface area contributed by atoms with Crippen molar-refractivity contribution in [1.29, 1.82) is 0 Å². The molecule has 0 spiro atoms. The molecule has 0 atom stereocenters. The summed E-state index contributed by atoms with van der Waals surface area (Å²) < 4.78 is 23.7. The Morgan fingerprint density at radius 1 is 1.29 bits per heavy atom. The van der Waals surface area contributed by atoms with Crippen LogP contribution in [0.1, 0.15) is 12.6 Å². The molecule has 1 amide bonds. The van der Waals surface area contributed by atoms with E-state index < -0.39 is 9.84 Å². The first kappa shape index (κ1) is 18.3. The van der Waals surface area contributed by atoms with Crippen LogP contribution in [0.5, 0.6) is 5.75 Å². The van der Waals surface area contributed by atoms with Crippen molar-refractivity contribution in [2.45, 2.75) is 17.6 Å². The first-order chi connectivity index (χ1) is 11.4. The fourth-order valence-corrected chi connectivity index (χ4v) is 3.54. The van der Waals surface area contributed by atoms with Crippen LogP contribution in [0.3, 0.4) is 0 Å². The summed E-state index contributed by atoms with van der Waals surface area (Å²) in [6.07, 6.45) is 1.69. The van der Waals surface area contributed by atoms with E-state index in [4.69, 9.17) is 0 Å². The number of aromatic hydroxyl groups is 1. The Morgan fingerprint density at radius 3 is 2.75 bits per heavy atom. The Balaban J connectivity index is 1.97. The number of benzene rings is 1. The van der Waals surface area contributed by atoms with Crippen molar-refractivity contribution >= 4 is 33.2 Å². The minimum absolute atomic E-state index is 0.0505. The Labute approximate surface area is 145 Å². The lowest BCUT2D eigenvalue weighted by molar-refractivity contribution is -0.113. The third-order valence-corrected chi connectivity index (χ3v) is 5.89. The lowest BCUT2D eigenvalue weighted by atomic mass is 10.3. The molecule has 1 heterocycles. The number of phenolic OH excluding ortho intramolecular Hbond substituents is 1. The molecule has 8 heteroatoms. The molecule has 0 saturated heterocycles. The van der Waals surface area contributed by atoms with Gasteiger partial charge in [-0.05, 0) is 30.3 Å². The van der Waals surface area contributed by atoms with Gasteiger partial charge in [0.15, 0.2) is 9.84 Å². The Hall–Kier alpha value is -2.06. The number of carbonyl (C=O) groups excluding carboxylic acids is 1. The number of pyridine rings is 1. The minimum atomic E-state index is -3.40. The van der Waals surface area contributed by atoms with Gasteiger partial charge in [-0.2, -0.15) is 0 Å². The molecule has 2 aromatic rings. The number of thioether (sulfide) groups is 1. The van der Waals surface area contributed by atoms with Gasteiger partial charge < -0.3 is 10.4 Å². The molecule has 0 aliphatic carbocycles. The summed E-state index contributed by atoms with van der Waals surface area (Å²) in [5.74, 6) is 0.210. The van der Waals surface area contributed by atoms with Crippen LogP contribution >= 0.6 is 11.8 Å². The predicted octanol–water partition coefficient (Wildman–Crippen LogP) is 2.45. The summed E-state index contributed by atoms with van der Waals surface area (Å²) in [5, 5.41) is 12.3. The zero-order valence-corrected chi connectivity index (χ0v) is 14.7. The Kier molecular flexibility index (Phi) is 6.22. The topological polar surface area (TPSA) is 96.4 Å². The van der Waals surface area contributed by atoms with Crippen LogP contribution in [0.15, 0.2) is 47.5 Å². The van der Waals surface area contributed by atoms with Crippen LogP contribution in [0.25, 0.3) is 0 Å². The zero-order valence-electron chi connectivity index (χ0n) is 13.1. The fourth-order valence-electron chi connectivity index (χ4n) is 1.89.